The number of hydrogen-bond acceptors (Lipinski definition) is 5. The lowest BCUT2D eigenvalue weighted by atomic mass is 10.2. The standard InChI is InChI=1S/C21H21ClN4OS2/c1-14-11-12-26(17-5-3-4-6-18(17)29-14)19(27)13-28-21-24-23-20(25(21)2)15-7-9-16(22)10-8-15/h3-10,14H,11-13H2,1-2H3. The van der Waals surface area contributed by atoms with E-state index in [2.05, 4.69) is 23.2 Å². The number of anilines is 1. The van der Waals surface area contributed by atoms with Crippen molar-refractivity contribution in [1.29, 1.82) is 0 Å². The maximum absolute atomic E-state index is 13.0. The fourth-order valence-electron chi connectivity index (χ4n) is 3.24. The lowest BCUT2D eigenvalue weighted by molar-refractivity contribution is -0.116. The maximum atomic E-state index is 13.0. The Morgan fingerprint density at radius 2 is 1.97 bits per heavy atom. The summed E-state index contributed by atoms with van der Waals surface area (Å²) < 4.78 is 1.91. The molecule has 0 radical (unpaired) electrons. The van der Waals surface area contributed by atoms with Crippen LogP contribution in [-0.2, 0) is 11.8 Å². The van der Waals surface area contributed by atoms with Gasteiger partial charge in [-0.05, 0) is 42.8 Å². The third-order valence-corrected chi connectivity index (χ3v) is 7.30. The first kappa shape index (κ1) is 20.3. The maximum Gasteiger partial charge on any atom is 0.237 e. The fourth-order valence-corrected chi connectivity index (χ4v) is 5.27. The van der Waals surface area contributed by atoms with E-state index in [1.165, 1.54) is 16.7 Å². The molecule has 29 heavy (non-hydrogen) atoms. The van der Waals surface area contributed by atoms with Gasteiger partial charge in [-0.3, -0.25) is 4.79 Å². The van der Waals surface area contributed by atoms with Gasteiger partial charge in [-0.25, -0.2) is 0 Å². The summed E-state index contributed by atoms with van der Waals surface area (Å²) in [7, 11) is 1.91. The highest BCUT2D eigenvalue weighted by Crippen LogP contribution is 2.37. The van der Waals surface area contributed by atoms with Crippen molar-refractivity contribution in [2.24, 2.45) is 7.05 Å². The van der Waals surface area contributed by atoms with Gasteiger partial charge in [0.25, 0.3) is 0 Å². The van der Waals surface area contributed by atoms with Crippen molar-refractivity contribution in [2.45, 2.75) is 28.6 Å². The molecule has 0 saturated heterocycles. The largest absolute Gasteiger partial charge is 0.311 e. The molecule has 1 unspecified atom stereocenters. The highest BCUT2D eigenvalue weighted by atomic mass is 35.5. The number of hydrogen-bond donors (Lipinski definition) is 0. The Morgan fingerprint density at radius 1 is 1.21 bits per heavy atom. The number of nitrogens with zero attached hydrogens (tertiary/aromatic N) is 4. The number of halogens is 1. The molecule has 1 aromatic heterocycles. The number of para-hydroxylation sites is 1. The van der Waals surface area contributed by atoms with E-state index in [0.29, 0.717) is 21.2 Å². The molecule has 2 heterocycles. The van der Waals surface area contributed by atoms with Crippen LogP contribution in [-0.4, -0.2) is 38.2 Å². The normalized spacial score (nSPS) is 16.4. The minimum absolute atomic E-state index is 0.0909. The molecule has 4 rings (SSSR count). The van der Waals surface area contributed by atoms with E-state index >= 15 is 0 Å². The lowest BCUT2D eigenvalue weighted by Crippen LogP contribution is -2.33. The van der Waals surface area contributed by atoms with E-state index in [0.717, 1.165) is 30.0 Å². The molecule has 1 aliphatic heterocycles. The summed E-state index contributed by atoms with van der Waals surface area (Å²) in [5.74, 6) is 1.16. The zero-order valence-electron chi connectivity index (χ0n) is 16.2. The summed E-state index contributed by atoms with van der Waals surface area (Å²) in [5.41, 5.74) is 1.95. The summed E-state index contributed by atoms with van der Waals surface area (Å²) >= 11 is 9.22. The van der Waals surface area contributed by atoms with Crippen LogP contribution in [0.5, 0.6) is 0 Å². The molecule has 1 atom stereocenters. The van der Waals surface area contributed by atoms with Gasteiger partial charge in [0.1, 0.15) is 0 Å². The van der Waals surface area contributed by atoms with Crippen LogP contribution in [0.1, 0.15) is 13.3 Å². The Hall–Kier alpha value is -1.96. The average molecular weight is 445 g/mol. The molecule has 0 aliphatic carbocycles. The molecule has 2 aromatic carbocycles. The predicted octanol–water partition coefficient (Wildman–Crippen LogP) is 5.15. The van der Waals surface area contributed by atoms with Crippen LogP contribution in [0.15, 0.2) is 58.6 Å². The topological polar surface area (TPSA) is 51.0 Å². The van der Waals surface area contributed by atoms with Crippen molar-refractivity contribution in [3.8, 4) is 11.4 Å². The van der Waals surface area contributed by atoms with E-state index in [-0.39, 0.29) is 5.91 Å². The molecule has 0 bridgehead atoms. The number of fused-ring (bicyclic) bond motifs is 1. The number of rotatable bonds is 4. The molecule has 5 nitrogen and oxygen atoms in total. The second-order valence-corrected chi connectivity index (χ2v) is 9.75. The highest BCUT2D eigenvalue weighted by molar-refractivity contribution is 8.00. The van der Waals surface area contributed by atoms with E-state index in [1.54, 1.807) is 0 Å². The fraction of sp³-hybridized carbons (Fsp3) is 0.286. The molecule has 0 fully saturated rings. The monoisotopic (exact) mass is 444 g/mol. The number of thioether (sulfide) groups is 2. The van der Waals surface area contributed by atoms with Gasteiger partial charge in [-0.1, -0.05) is 42.4 Å². The highest BCUT2D eigenvalue weighted by Gasteiger charge is 2.24. The number of carbonyl (C=O) groups is 1. The van der Waals surface area contributed by atoms with Gasteiger partial charge < -0.3 is 9.47 Å². The third kappa shape index (κ3) is 4.47. The molecular weight excluding hydrogens is 424 g/mol. The van der Waals surface area contributed by atoms with Crippen LogP contribution in [0, 0.1) is 0 Å². The van der Waals surface area contributed by atoms with Gasteiger partial charge >= 0.3 is 0 Å². The summed E-state index contributed by atoms with van der Waals surface area (Å²) in [5, 5.41) is 10.4. The second-order valence-electron chi connectivity index (χ2n) is 6.89. The minimum Gasteiger partial charge on any atom is -0.311 e. The minimum atomic E-state index is 0.0909. The van der Waals surface area contributed by atoms with Gasteiger partial charge in [0.05, 0.1) is 11.4 Å². The van der Waals surface area contributed by atoms with Crippen LogP contribution in [0.3, 0.4) is 0 Å². The Morgan fingerprint density at radius 3 is 2.76 bits per heavy atom. The molecule has 0 N–H and O–H groups in total. The first-order valence-electron chi connectivity index (χ1n) is 9.37. The quantitative estimate of drug-likeness (QED) is 0.521. The molecule has 3 aromatic rings. The van der Waals surface area contributed by atoms with Gasteiger partial charge in [-0.2, -0.15) is 0 Å². The number of amides is 1. The molecule has 150 valence electrons. The van der Waals surface area contributed by atoms with Crippen molar-refractivity contribution in [3.05, 3.63) is 53.6 Å². The van der Waals surface area contributed by atoms with Crippen LogP contribution in [0.25, 0.3) is 11.4 Å². The summed E-state index contributed by atoms with van der Waals surface area (Å²) in [6, 6.07) is 15.6. The van der Waals surface area contributed by atoms with Crippen molar-refractivity contribution < 1.29 is 4.79 Å². The van der Waals surface area contributed by atoms with E-state index in [4.69, 9.17) is 11.6 Å². The lowest BCUT2D eigenvalue weighted by Gasteiger charge is -2.22. The van der Waals surface area contributed by atoms with Crippen LogP contribution < -0.4 is 4.90 Å². The van der Waals surface area contributed by atoms with Gasteiger partial charge in [-0.15, -0.1) is 22.0 Å². The first-order valence-corrected chi connectivity index (χ1v) is 11.6. The van der Waals surface area contributed by atoms with Gasteiger partial charge in [0.2, 0.25) is 5.91 Å². The van der Waals surface area contributed by atoms with E-state index in [9.17, 15) is 4.79 Å². The summed E-state index contributed by atoms with van der Waals surface area (Å²) in [6.07, 6.45) is 0.973. The van der Waals surface area contributed by atoms with Crippen molar-refractivity contribution in [2.75, 3.05) is 17.2 Å². The molecular formula is C21H21ClN4OS2. The average Bonchev–Trinajstić information content (AvgIpc) is 2.98. The van der Waals surface area contributed by atoms with Crippen molar-refractivity contribution in [1.82, 2.24) is 14.8 Å². The number of carbonyl (C=O) groups excluding carboxylic acids is 1. The first-order chi connectivity index (χ1) is 14.0. The second kappa shape index (κ2) is 8.81. The Kier molecular flexibility index (Phi) is 6.18. The molecule has 0 saturated carbocycles. The smallest absolute Gasteiger partial charge is 0.237 e. The molecule has 1 amide bonds. The van der Waals surface area contributed by atoms with Gasteiger partial charge in [0, 0.05) is 34.3 Å². The molecule has 0 spiro atoms. The SMILES string of the molecule is CC1CCN(C(=O)CSc2nnc(-c3ccc(Cl)cc3)n2C)c2ccccc2S1. The Bertz CT molecular complexity index is 1020. The summed E-state index contributed by atoms with van der Waals surface area (Å²) in [6.45, 7) is 2.95. The number of benzene rings is 2. The van der Waals surface area contributed by atoms with Crippen LogP contribution >= 0.6 is 35.1 Å². The summed E-state index contributed by atoms with van der Waals surface area (Å²) in [4.78, 5) is 16.1. The Labute approximate surface area is 183 Å². The number of aromatic nitrogens is 3. The zero-order valence-corrected chi connectivity index (χ0v) is 18.6. The van der Waals surface area contributed by atoms with E-state index in [1.807, 2.05) is 70.7 Å². The van der Waals surface area contributed by atoms with Gasteiger partial charge in [0.15, 0.2) is 11.0 Å². The van der Waals surface area contributed by atoms with Crippen molar-refractivity contribution >= 4 is 46.7 Å². The molecule has 1 aliphatic rings. The van der Waals surface area contributed by atoms with Crippen LogP contribution in [0.4, 0.5) is 5.69 Å². The van der Waals surface area contributed by atoms with E-state index < -0.39 is 0 Å². The van der Waals surface area contributed by atoms with Crippen LogP contribution in [0.2, 0.25) is 5.02 Å². The predicted molar refractivity (Wildman–Crippen MR) is 121 cm³/mol. The zero-order chi connectivity index (χ0) is 20.4. The van der Waals surface area contributed by atoms with Crippen molar-refractivity contribution in [3.63, 3.8) is 0 Å². The Balaban J connectivity index is 1.48. The molecule has 8 heteroatoms. The third-order valence-electron chi connectivity index (χ3n) is 4.81.